The Morgan fingerprint density at radius 3 is 3.15 bits per heavy atom. The van der Waals surface area contributed by atoms with E-state index in [0.29, 0.717) is 5.69 Å². The molecule has 0 bridgehead atoms. The van der Waals surface area contributed by atoms with Gasteiger partial charge in [0.2, 0.25) is 0 Å². The van der Waals surface area contributed by atoms with Crippen LogP contribution in [0.2, 0.25) is 0 Å². The number of thiazole rings is 1. The standard InChI is InChI=1S/C8H8N2O2S/c1-5-4-13-8-9-6(2-7(11)12)3-10(5)8/h3-4H,2H2,1H3,(H,11,12). The predicted molar refractivity (Wildman–Crippen MR) is 49.1 cm³/mol. The Bertz CT molecular complexity index is 458. The molecule has 0 aromatic carbocycles. The van der Waals surface area contributed by atoms with Gasteiger partial charge in [-0.2, -0.15) is 0 Å². The summed E-state index contributed by atoms with van der Waals surface area (Å²) >= 11 is 1.52. The number of hydrogen-bond donors (Lipinski definition) is 1. The van der Waals surface area contributed by atoms with E-state index >= 15 is 0 Å². The third kappa shape index (κ3) is 1.42. The highest BCUT2D eigenvalue weighted by Gasteiger charge is 2.07. The fourth-order valence-electron chi connectivity index (χ4n) is 1.18. The zero-order valence-electron chi connectivity index (χ0n) is 7.02. The van der Waals surface area contributed by atoms with Gasteiger partial charge in [0, 0.05) is 17.3 Å². The van der Waals surface area contributed by atoms with Gasteiger partial charge in [0.25, 0.3) is 0 Å². The molecule has 1 N–H and O–H groups in total. The maximum Gasteiger partial charge on any atom is 0.309 e. The van der Waals surface area contributed by atoms with E-state index < -0.39 is 5.97 Å². The lowest BCUT2D eigenvalue weighted by atomic mass is 10.3. The van der Waals surface area contributed by atoms with E-state index in [9.17, 15) is 4.79 Å². The fraction of sp³-hybridized carbons (Fsp3) is 0.250. The number of carboxylic acid groups (broad SMARTS) is 1. The van der Waals surface area contributed by atoms with Gasteiger partial charge in [0.05, 0.1) is 12.1 Å². The van der Waals surface area contributed by atoms with E-state index in [1.165, 1.54) is 11.3 Å². The van der Waals surface area contributed by atoms with Crippen LogP contribution in [-0.2, 0) is 11.2 Å². The summed E-state index contributed by atoms with van der Waals surface area (Å²) in [5, 5.41) is 10.5. The fourth-order valence-corrected chi connectivity index (χ4v) is 2.05. The summed E-state index contributed by atoms with van der Waals surface area (Å²) < 4.78 is 1.91. The van der Waals surface area contributed by atoms with Crippen LogP contribution < -0.4 is 0 Å². The zero-order valence-corrected chi connectivity index (χ0v) is 7.84. The molecule has 2 heterocycles. The number of fused-ring (bicyclic) bond motifs is 1. The van der Waals surface area contributed by atoms with Gasteiger partial charge in [0.1, 0.15) is 0 Å². The van der Waals surface area contributed by atoms with Gasteiger partial charge in [-0.05, 0) is 6.92 Å². The quantitative estimate of drug-likeness (QED) is 0.788. The second-order valence-corrected chi connectivity index (χ2v) is 3.67. The van der Waals surface area contributed by atoms with Crippen molar-refractivity contribution in [3.8, 4) is 0 Å². The van der Waals surface area contributed by atoms with Crippen LogP contribution in [0.25, 0.3) is 4.96 Å². The Balaban J connectivity index is 2.44. The number of aliphatic carboxylic acids is 1. The molecular weight excluding hydrogens is 188 g/mol. The van der Waals surface area contributed by atoms with Crippen LogP contribution >= 0.6 is 11.3 Å². The molecule has 2 rings (SSSR count). The minimum absolute atomic E-state index is 0.00611. The zero-order chi connectivity index (χ0) is 9.42. The number of aromatic nitrogens is 2. The van der Waals surface area contributed by atoms with E-state index in [1.807, 2.05) is 16.7 Å². The SMILES string of the molecule is Cc1csc2nc(CC(=O)O)cn12. The Morgan fingerprint density at radius 2 is 2.54 bits per heavy atom. The first-order chi connectivity index (χ1) is 6.16. The highest BCUT2D eigenvalue weighted by molar-refractivity contribution is 7.15. The minimum Gasteiger partial charge on any atom is -0.481 e. The van der Waals surface area contributed by atoms with Crippen LogP contribution in [0.15, 0.2) is 11.6 Å². The number of hydrogen-bond acceptors (Lipinski definition) is 3. The molecule has 4 nitrogen and oxygen atoms in total. The van der Waals surface area contributed by atoms with Crippen LogP contribution in [-0.4, -0.2) is 20.5 Å². The molecule has 0 unspecified atom stereocenters. The van der Waals surface area contributed by atoms with Crippen molar-refractivity contribution in [1.82, 2.24) is 9.38 Å². The van der Waals surface area contributed by atoms with Crippen LogP contribution in [0, 0.1) is 6.92 Å². The van der Waals surface area contributed by atoms with Crippen LogP contribution in [0.4, 0.5) is 0 Å². The second-order valence-electron chi connectivity index (χ2n) is 2.83. The van der Waals surface area contributed by atoms with Gasteiger partial charge in [-0.25, -0.2) is 4.98 Å². The summed E-state index contributed by atoms with van der Waals surface area (Å²) in [6.45, 7) is 1.97. The smallest absolute Gasteiger partial charge is 0.309 e. The molecule has 2 aromatic heterocycles. The summed E-state index contributed by atoms with van der Waals surface area (Å²) in [5.41, 5.74) is 1.70. The lowest BCUT2D eigenvalue weighted by Gasteiger charge is -1.87. The molecule has 13 heavy (non-hydrogen) atoms. The molecule has 0 aliphatic heterocycles. The van der Waals surface area contributed by atoms with Crippen LogP contribution in [0.3, 0.4) is 0 Å². The Kier molecular flexibility index (Phi) is 1.81. The lowest BCUT2D eigenvalue weighted by molar-refractivity contribution is -0.136. The van der Waals surface area contributed by atoms with Crippen molar-refractivity contribution in [2.45, 2.75) is 13.3 Å². The van der Waals surface area contributed by atoms with Crippen molar-refractivity contribution in [2.24, 2.45) is 0 Å². The third-order valence-electron chi connectivity index (χ3n) is 1.77. The van der Waals surface area contributed by atoms with E-state index in [4.69, 9.17) is 5.11 Å². The Morgan fingerprint density at radius 1 is 1.77 bits per heavy atom. The maximum atomic E-state index is 10.4. The molecule has 5 heteroatoms. The molecule has 0 saturated carbocycles. The summed E-state index contributed by atoms with van der Waals surface area (Å²) in [5.74, 6) is -0.844. The van der Waals surface area contributed by atoms with Crippen LogP contribution in [0.1, 0.15) is 11.4 Å². The molecule has 0 radical (unpaired) electrons. The predicted octanol–water partition coefficient (Wildman–Crippen LogP) is 1.33. The molecular formula is C8H8N2O2S. The average molecular weight is 196 g/mol. The van der Waals surface area contributed by atoms with Crippen molar-refractivity contribution in [1.29, 1.82) is 0 Å². The molecule has 0 atom stereocenters. The normalized spacial score (nSPS) is 10.8. The molecule has 0 saturated heterocycles. The first-order valence-corrected chi connectivity index (χ1v) is 4.68. The Labute approximate surface area is 78.5 Å². The third-order valence-corrected chi connectivity index (χ3v) is 2.73. The number of carbonyl (C=O) groups is 1. The van der Waals surface area contributed by atoms with Gasteiger partial charge in [-0.3, -0.25) is 9.20 Å². The van der Waals surface area contributed by atoms with Crippen LogP contribution in [0.5, 0.6) is 0 Å². The van der Waals surface area contributed by atoms with Gasteiger partial charge < -0.3 is 5.11 Å². The minimum atomic E-state index is -0.844. The molecule has 0 fully saturated rings. The lowest BCUT2D eigenvalue weighted by Crippen LogP contribution is -1.99. The summed E-state index contributed by atoms with van der Waals surface area (Å²) in [6, 6.07) is 0. The van der Waals surface area contributed by atoms with Crippen molar-refractivity contribution >= 4 is 22.3 Å². The number of imidazole rings is 1. The molecule has 0 amide bonds. The highest BCUT2D eigenvalue weighted by atomic mass is 32.1. The molecule has 0 spiro atoms. The number of aryl methyl sites for hydroxylation is 1. The summed E-state index contributed by atoms with van der Waals surface area (Å²) in [6.07, 6.45) is 1.77. The molecule has 2 aromatic rings. The first-order valence-electron chi connectivity index (χ1n) is 3.80. The monoisotopic (exact) mass is 196 g/mol. The van der Waals surface area contributed by atoms with Crippen molar-refractivity contribution < 1.29 is 9.90 Å². The Hall–Kier alpha value is -1.36. The topological polar surface area (TPSA) is 54.6 Å². The van der Waals surface area contributed by atoms with E-state index in [1.54, 1.807) is 6.20 Å². The van der Waals surface area contributed by atoms with Crippen molar-refractivity contribution in [3.63, 3.8) is 0 Å². The van der Waals surface area contributed by atoms with E-state index in [0.717, 1.165) is 10.7 Å². The second kappa shape index (κ2) is 2.85. The van der Waals surface area contributed by atoms with Gasteiger partial charge in [-0.1, -0.05) is 0 Å². The summed E-state index contributed by atoms with van der Waals surface area (Å²) in [7, 11) is 0. The van der Waals surface area contributed by atoms with E-state index in [-0.39, 0.29) is 6.42 Å². The first kappa shape index (κ1) is 8.25. The summed E-state index contributed by atoms with van der Waals surface area (Å²) in [4.78, 5) is 15.4. The van der Waals surface area contributed by atoms with E-state index in [2.05, 4.69) is 4.98 Å². The average Bonchev–Trinajstić information content (AvgIpc) is 2.53. The molecule has 0 aliphatic rings. The highest BCUT2D eigenvalue weighted by Crippen LogP contribution is 2.15. The van der Waals surface area contributed by atoms with Crippen molar-refractivity contribution in [2.75, 3.05) is 0 Å². The maximum absolute atomic E-state index is 10.4. The molecule has 68 valence electrons. The number of rotatable bonds is 2. The van der Waals surface area contributed by atoms with Gasteiger partial charge >= 0.3 is 5.97 Å². The number of nitrogens with zero attached hydrogens (tertiary/aromatic N) is 2. The van der Waals surface area contributed by atoms with Crippen molar-refractivity contribution in [3.05, 3.63) is 23.0 Å². The van der Waals surface area contributed by atoms with Gasteiger partial charge in [0.15, 0.2) is 4.96 Å². The number of carboxylic acids is 1. The molecule has 0 aliphatic carbocycles. The van der Waals surface area contributed by atoms with Gasteiger partial charge in [-0.15, -0.1) is 11.3 Å². The largest absolute Gasteiger partial charge is 0.481 e.